The minimum absolute atomic E-state index is 0.329. The summed E-state index contributed by atoms with van der Waals surface area (Å²) in [7, 11) is 1.99. The van der Waals surface area contributed by atoms with E-state index in [0.717, 1.165) is 45.5 Å². The lowest BCUT2D eigenvalue weighted by Crippen LogP contribution is -2.42. The van der Waals surface area contributed by atoms with E-state index in [0.29, 0.717) is 24.3 Å². The molecule has 4 heteroatoms. The van der Waals surface area contributed by atoms with Crippen molar-refractivity contribution in [3.8, 4) is 0 Å². The number of likely N-dealkylation sites (tertiary alicyclic amines) is 1. The normalized spacial score (nSPS) is 28.4. The van der Waals surface area contributed by atoms with Crippen LogP contribution in [0.5, 0.6) is 0 Å². The second kappa shape index (κ2) is 7.85. The van der Waals surface area contributed by atoms with Crippen LogP contribution >= 0.6 is 0 Å². The Bertz CT molecular complexity index is 275. The topological polar surface area (TPSA) is 41.6 Å². The lowest BCUT2D eigenvalue weighted by molar-refractivity contribution is -0.134. The van der Waals surface area contributed by atoms with Crippen LogP contribution in [0.25, 0.3) is 0 Å². The van der Waals surface area contributed by atoms with Crippen LogP contribution in [-0.2, 0) is 9.53 Å². The highest BCUT2D eigenvalue weighted by atomic mass is 16.5. The first-order valence-electron chi connectivity index (χ1n) is 7.83. The number of piperidine rings is 1. The maximum absolute atomic E-state index is 12.2. The molecule has 0 aromatic carbocycles. The lowest BCUT2D eigenvalue weighted by Gasteiger charge is -2.33. The van der Waals surface area contributed by atoms with E-state index in [1.807, 2.05) is 7.05 Å². The standard InChI is InChI=1S/C15H28N2O2/c1-16-11-13-5-4-9-17(12-13)15(18)8-7-14-6-2-3-10-19-14/h13-14,16H,2-12H2,1H3. The van der Waals surface area contributed by atoms with Gasteiger partial charge in [0.05, 0.1) is 6.10 Å². The summed E-state index contributed by atoms with van der Waals surface area (Å²) in [6.07, 6.45) is 7.87. The monoisotopic (exact) mass is 268 g/mol. The molecule has 2 aliphatic rings. The second-order valence-electron chi connectivity index (χ2n) is 5.93. The number of nitrogens with one attached hydrogen (secondary N) is 1. The fourth-order valence-electron chi connectivity index (χ4n) is 3.22. The van der Waals surface area contributed by atoms with Crippen LogP contribution in [0.4, 0.5) is 0 Å². The number of carbonyl (C=O) groups excluding carboxylic acids is 1. The third kappa shape index (κ3) is 4.77. The summed E-state index contributed by atoms with van der Waals surface area (Å²) in [5.74, 6) is 0.962. The molecular weight excluding hydrogens is 240 g/mol. The summed E-state index contributed by atoms with van der Waals surface area (Å²) >= 11 is 0. The first-order chi connectivity index (χ1) is 9.29. The smallest absolute Gasteiger partial charge is 0.222 e. The van der Waals surface area contributed by atoms with Gasteiger partial charge in [-0.2, -0.15) is 0 Å². The maximum atomic E-state index is 12.2. The molecule has 2 fully saturated rings. The van der Waals surface area contributed by atoms with E-state index in [1.54, 1.807) is 0 Å². The van der Waals surface area contributed by atoms with Gasteiger partial charge in [-0.15, -0.1) is 0 Å². The number of hydrogen-bond acceptors (Lipinski definition) is 3. The van der Waals surface area contributed by atoms with Crippen molar-refractivity contribution in [2.24, 2.45) is 5.92 Å². The molecule has 2 heterocycles. The van der Waals surface area contributed by atoms with Gasteiger partial charge in [-0.25, -0.2) is 0 Å². The molecule has 0 aliphatic carbocycles. The summed E-state index contributed by atoms with van der Waals surface area (Å²) in [6, 6.07) is 0. The Morgan fingerprint density at radius 3 is 2.95 bits per heavy atom. The van der Waals surface area contributed by atoms with E-state index < -0.39 is 0 Å². The molecule has 2 unspecified atom stereocenters. The quantitative estimate of drug-likeness (QED) is 0.826. The number of rotatable bonds is 5. The molecule has 0 bridgehead atoms. The van der Waals surface area contributed by atoms with Gasteiger partial charge in [0.25, 0.3) is 0 Å². The van der Waals surface area contributed by atoms with Gasteiger partial charge >= 0.3 is 0 Å². The first-order valence-corrected chi connectivity index (χ1v) is 7.83. The number of amides is 1. The highest BCUT2D eigenvalue weighted by molar-refractivity contribution is 5.76. The number of carbonyl (C=O) groups is 1. The van der Waals surface area contributed by atoms with Crippen molar-refractivity contribution in [3.63, 3.8) is 0 Å². The molecule has 0 aromatic rings. The molecule has 1 N–H and O–H groups in total. The summed E-state index contributed by atoms with van der Waals surface area (Å²) in [5, 5.41) is 3.22. The van der Waals surface area contributed by atoms with Crippen LogP contribution in [0.3, 0.4) is 0 Å². The highest BCUT2D eigenvalue weighted by Gasteiger charge is 2.24. The molecule has 0 aromatic heterocycles. The molecule has 110 valence electrons. The summed E-state index contributed by atoms with van der Waals surface area (Å²) in [4.78, 5) is 14.3. The zero-order chi connectivity index (χ0) is 13.5. The van der Waals surface area contributed by atoms with Crippen molar-refractivity contribution in [2.75, 3.05) is 33.3 Å². The Balaban J connectivity index is 1.69. The van der Waals surface area contributed by atoms with Crippen LogP contribution < -0.4 is 5.32 Å². The average molecular weight is 268 g/mol. The highest BCUT2D eigenvalue weighted by Crippen LogP contribution is 2.20. The Morgan fingerprint density at radius 2 is 2.21 bits per heavy atom. The van der Waals surface area contributed by atoms with Gasteiger partial charge in [-0.1, -0.05) is 0 Å². The third-order valence-corrected chi connectivity index (χ3v) is 4.32. The Labute approximate surface area is 116 Å². The number of nitrogens with zero attached hydrogens (tertiary/aromatic N) is 1. The zero-order valence-corrected chi connectivity index (χ0v) is 12.2. The van der Waals surface area contributed by atoms with E-state index in [2.05, 4.69) is 10.2 Å². The van der Waals surface area contributed by atoms with Gasteiger partial charge < -0.3 is 15.0 Å². The molecule has 2 atom stereocenters. The van der Waals surface area contributed by atoms with Gasteiger partial charge in [0.15, 0.2) is 0 Å². The van der Waals surface area contributed by atoms with Gasteiger partial charge in [0.1, 0.15) is 0 Å². The SMILES string of the molecule is CNCC1CCCN(C(=O)CCC2CCCCO2)C1. The van der Waals surface area contributed by atoms with Gasteiger partial charge in [0.2, 0.25) is 5.91 Å². The van der Waals surface area contributed by atoms with Crippen molar-refractivity contribution < 1.29 is 9.53 Å². The maximum Gasteiger partial charge on any atom is 0.222 e. The zero-order valence-electron chi connectivity index (χ0n) is 12.2. The molecule has 2 rings (SSSR count). The number of ether oxygens (including phenoxy) is 1. The minimum atomic E-state index is 0.329. The van der Waals surface area contributed by atoms with E-state index in [1.165, 1.54) is 19.3 Å². The van der Waals surface area contributed by atoms with Crippen molar-refractivity contribution in [1.82, 2.24) is 10.2 Å². The van der Waals surface area contributed by atoms with E-state index in [9.17, 15) is 4.79 Å². The van der Waals surface area contributed by atoms with Crippen LogP contribution in [0.1, 0.15) is 44.9 Å². The van der Waals surface area contributed by atoms with E-state index in [-0.39, 0.29) is 0 Å². The average Bonchev–Trinajstić information content (AvgIpc) is 2.46. The van der Waals surface area contributed by atoms with Crippen LogP contribution in [0.2, 0.25) is 0 Å². The summed E-state index contributed by atoms with van der Waals surface area (Å²) in [5.41, 5.74) is 0. The molecule has 2 saturated heterocycles. The Kier molecular flexibility index (Phi) is 6.11. The van der Waals surface area contributed by atoms with Gasteiger partial charge in [0, 0.05) is 26.1 Å². The minimum Gasteiger partial charge on any atom is -0.378 e. The third-order valence-electron chi connectivity index (χ3n) is 4.32. The molecule has 0 saturated carbocycles. The molecule has 1 amide bonds. The van der Waals surface area contributed by atoms with E-state index in [4.69, 9.17) is 4.74 Å². The summed E-state index contributed by atoms with van der Waals surface area (Å²) in [6.45, 7) is 3.79. The van der Waals surface area contributed by atoms with Crippen molar-refractivity contribution in [2.45, 2.75) is 51.0 Å². The molecule has 2 aliphatic heterocycles. The Hall–Kier alpha value is -0.610. The molecular formula is C15H28N2O2. The fraction of sp³-hybridized carbons (Fsp3) is 0.933. The molecule has 0 radical (unpaired) electrons. The summed E-state index contributed by atoms with van der Waals surface area (Å²) < 4.78 is 5.69. The molecule has 19 heavy (non-hydrogen) atoms. The largest absolute Gasteiger partial charge is 0.378 e. The van der Waals surface area contributed by atoms with Gasteiger partial charge in [-0.3, -0.25) is 4.79 Å². The van der Waals surface area contributed by atoms with Crippen LogP contribution in [0.15, 0.2) is 0 Å². The first kappa shape index (κ1) is 14.8. The van der Waals surface area contributed by atoms with Crippen molar-refractivity contribution in [1.29, 1.82) is 0 Å². The van der Waals surface area contributed by atoms with Crippen LogP contribution in [-0.4, -0.2) is 50.2 Å². The molecule has 0 spiro atoms. The predicted molar refractivity (Wildman–Crippen MR) is 76.1 cm³/mol. The van der Waals surface area contributed by atoms with Gasteiger partial charge in [-0.05, 0) is 58.0 Å². The van der Waals surface area contributed by atoms with Crippen molar-refractivity contribution in [3.05, 3.63) is 0 Å². The number of hydrogen-bond donors (Lipinski definition) is 1. The van der Waals surface area contributed by atoms with E-state index >= 15 is 0 Å². The predicted octanol–water partition coefficient (Wildman–Crippen LogP) is 1.79. The van der Waals surface area contributed by atoms with Crippen LogP contribution in [0, 0.1) is 5.92 Å². The molecule has 4 nitrogen and oxygen atoms in total. The second-order valence-corrected chi connectivity index (χ2v) is 5.93. The van der Waals surface area contributed by atoms with Crippen molar-refractivity contribution >= 4 is 5.91 Å². The Morgan fingerprint density at radius 1 is 1.32 bits per heavy atom. The lowest BCUT2D eigenvalue weighted by atomic mass is 9.97. The fourth-order valence-corrected chi connectivity index (χ4v) is 3.22.